The fraction of sp³-hybridized carbons (Fsp3) is 0.0455. The van der Waals surface area contributed by atoms with Crippen LogP contribution in [-0.2, 0) is 0 Å². The predicted octanol–water partition coefficient (Wildman–Crippen LogP) is 4.51. The zero-order valence-electron chi connectivity index (χ0n) is 16.2. The third-order valence-electron chi connectivity index (χ3n) is 4.71. The monoisotopic (exact) mass is 434 g/mol. The number of aromatic nitrogens is 2. The number of benzene rings is 3. The van der Waals surface area contributed by atoms with Crippen molar-refractivity contribution >= 4 is 39.8 Å². The van der Waals surface area contributed by atoms with Crippen LogP contribution in [0.5, 0.6) is 0 Å². The van der Waals surface area contributed by atoms with E-state index >= 15 is 0 Å². The Balaban J connectivity index is 1.69. The number of rotatable bonds is 4. The number of amides is 1. The molecule has 154 valence electrons. The fourth-order valence-electron chi connectivity index (χ4n) is 3.27. The molecule has 3 aromatic carbocycles. The van der Waals surface area contributed by atoms with Crippen molar-refractivity contribution in [2.24, 2.45) is 0 Å². The molecule has 1 N–H and O–H groups in total. The van der Waals surface area contributed by atoms with Crippen molar-refractivity contribution in [1.29, 1.82) is 0 Å². The van der Waals surface area contributed by atoms with E-state index in [0.29, 0.717) is 28.1 Å². The number of carbonyl (C=O) groups is 1. The highest BCUT2D eigenvalue weighted by molar-refractivity contribution is 6.34. The van der Waals surface area contributed by atoms with Crippen LogP contribution < -0.4 is 10.9 Å². The summed E-state index contributed by atoms with van der Waals surface area (Å²) in [6, 6.07) is 17.4. The van der Waals surface area contributed by atoms with E-state index in [0.717, 1.165) is 6.07 Å². The number of nitrogens with one attached hydrogen (secondary N) is 1. The molecule has 0 saturated heterocycles. The van der Waals surface area contributed by atoms with Crippen molar-refractivity contribution in [2.75, 3.05) is 5.32 Å². The highest BCUT2D eigenvalue weighted by atomic mass is 35.5. The summed E-state index contributed by atoms with van der Waals surface area (Å²) in [6.45, 7) is 1.73. The van der Waals surface area contributed by atoms with E-state index in [9.17, 15) is 19.7 Å². The average molecular weight is 435 g/mol. The summed E-state index contributed by atoms with van der Waals surface area (Å²) < 4.78 is 1.47. The number of hydrogen-bond donors (Lipinski definition) is 1. The van der Waals surface area contributed by atoms with Gasteiger partial charge in [0, 0.05) is 17.8 Å². The van der Waals surface area contributed by atoms with Gasteiger partial charge in [-0.1, -0.05) is 29.8 Å². The number of anilines is 1. The van der Waals surface area contributed by atoms with Crippen molar-refractivity contribution < 1.29 is 9.72 Å². The molecule has 9 heteroatoms. The first-order chi connectivity index (χ1) is 14.8. The minimum Gasteiger partial charge on any atom is -0.322 e. The summed E-state index contributed by atoms with van der Waals surface area (Å²) in [5.74, 6) is -0.0247. The van der Waals surface area contributed by atoms with Crippen LogP contribution in [0.3, 0.4) is 0 Å². The van der Waals surface area contributed by atoms with Crippen molar-refractivity contribution in [1.82, 2.24) is 9.55 Å². The van der Waals surface area contributed by atoms with E-state index in [1.54, 1.807) is 49.4 Å². The van der Waals surface area contributed by atoms with Crippen LogP contribution in [0.15, 0.2) is 71.5 Å². The van der Waals surface area contributed by atoms with E-state index in [2.05, 4.69) is 10.3 Å². The summed E-state index contributed by atoms with van der Waals surface area (Å²) in [4.78, 5) is 40.4. The second kappa shape index (κ2) is 8.00. The molecule has 1 heterocycles. The minimum absolute atomic E-state index is 0.0337. The summed E-state index contributed by atoms with van der Waals surface area (Å²) in [7, 11) is 0. The van der Waals surface area contributed by atoms with E-state index in [1.165, 1.54) is 16.7 Å². The Kier molecular flexibility index (Phi) is 5.22. The largest absolute Gasteiger partial charge is 0.322 e. The van der Waals surface area contributed by atoms with E-state index in [1.807, 2.05) is 6.07 Å². The Bertz CT molecular complexity index is 1410. The van der Waals surface area contributed by atoms with Gasteiger partial charge in [-0.05, 0) is 43.3 Å². The standard InChI is InChI=1S/C22H15ClN4O4/c1-13-24-20-8-3-2-7-18(20)22(29)26(13)15-6-4-5-14(11-15)25-21(28)17-10-9-16(27(30)31)12-19(17)23/h2-12H,1H3,(H,25,28). The van der Waals surface area contributed by atoms with Gasteiger partial charge in [-0.2, -0.15) is 0 Å². The van der Waals surface area contributed by atoms with Crippen molar-refractivity contribution in [3.05, 3.63) is 104 Å². The first-order valence-corrected chi connectivity index (χ1v) is 9.57. The third kappa shape index (κ3) is 3.88. The van der Waals surface area contributed by atoms with Crippen molar-refractivity contribution in [3.8, 4) is 5.69 Å². The SMILES string of the molecule is Cc1nc2ccccc2c(=O)n1-c1cccc(NC(=O)c2ccc([N+](=O)[O-])cc2Cl)c1. The minimum atomic E-state index is -0.589. The molecule has 4 rings (SSSR count). The molecule has 0 saturated carbocycles. The Morgan fingerprint density at radius 1 is 1.10 bits per heavy atom. The maximum absolute atomic E-state index is 13.0. The second-order valence-corrected chi connectivity index (χ2v) is 7.15. The Morgan fingerprint density at radius 2 is 1.87 bits per heavy atom. The molecule has 0 spiro atoms. The highest BCUT2D eigenvalue weighted by Crippen LogP contribution is 2.24. The number of carbonyl (C=O) groups excluding carboxylic acids is 1. The summed E-state index contributed by atoms with van der Waals surface area (Å²) >= 11 is 6.04. The summed E-state index contributed by atoms with van der Waals surface area (Å²) in [6.07, 6.45) is 0. The van der Waals surface area contributed by atoms with Gasteiger partial charge in [-0.25, -0.2) is 4.98 Å². The van der Waals surface area contributed by atoms with Gasteiger partial charge < -0.3 is 5.32 Å². The number of nitro groups is 1. The van der Waals surface area contributed by atoms with E-state index < -0.39 is 10.8 Å². The molecule has 0 unspecified atom stereocenters. The molecule has 0 aliphatic heterocycles. The smallest absolute Gasteiger partial charge is 0.270 e. The van der Waals surface area contributed by atoms with E-state index in [4.69, 9.17) is 11.6 Å². The van der Waals surface area contributed by atoms with Crippen LogP contribution in [0.2, 0.25) is 5.02 Å². The third-order valence-corrected chi connectivity index (χ3v) is 5.03. The molecule has 0 aliphatic rings. The fourth-order valence-corrected chi connectivity index (χ4v) is 3.53. The molecule has 0 fully saturated rings. The number of hydrogen-bond acceptors (Lipinski definition) is 5. The molecule has 8 nitrogen and oxygen atoms in total. The van der Waals surface area contributed by atoms with Crippen LogP contribution in [-0.4, -0.2) is 20.4 Å². The van der Waals surface area contributed by atoms with Gasteiger partial charge in [0.15, 0.2) is 0 Å². The van der Waals surface area contributed by atoms with Crippen LogP contribution in [0.25, 0.3) is 16.6 Å². The lowest BCUT2D eigenvalue weighted by Gasteiger charge is -2.13. The molecule has 1 aromatic heterocycles. The van der Waals surface area contributed by atoms with Crippen molar-refractivity contribution in [3.63, 3.8) is 0 Å². The predicted molar refractivity (Wildman–Crippen MR) is 118 cm³/mol. The lowest BCUT2D eigenvalue weighted by Crippen LogP contribution is -2.22. The maximum Gasteiger partial charge on any atom is 0.270 e. The van der Waals surface area contributed by atoms with Gasteiger partial charge in [0.1, 0.15) is 5.82 Å². The number of non-ortho nitro benzene ring substituents is 1. The molecule has 4 aromatic rings. The van der Waals surface area contributed by atoms with Gasteiger partial charge in [0.25, 0.3) is 17.2 Å². The van der Waals surface area contributed by atoms with Gasteiger partial charge in [0.05, 0.1) is 32.1 Å². The zero-order chi connectivity index (χ0) is 22.1. The average Bonchev–Trinajstić information content (AvgIpc) is 2.74. The lowest BCUT2D eigenvalue weighted by atomic mass is 10.2. The molecule has 0 aliphatic carbocycles. The summed E-state index contributed by atoms with van der Waals surface area (Å²) in [5, 5.41) is 14.0. The molecule has 0 bridgehead atoms. The molecule has 31 heavy (non-hydrogen) atoms. The maximum atomic E-state index is 13.0. The topological polar surface area (TPSA) is 107 Å². The first kappa shape index (κ1) is 20.2. The molecule has 0 radical (unpaired) electrons. The molecule has 1 amide bonds. The number of para-hydroxylation sites is 1. The molecular formula is C22H15ClN4O4. The lowest BCUT2D eigenvalue weighted by molar-refractivity contribution is -0.384. The molecule has 0 atom stereocenters. The number of halogens is 1. The van der Waals surface area contributed by atoms with Gasteiger partial charge >= 0.3 is 0 Å². The second-order valence-electron chi connectivity index (χ2n) is 6.74. The van der Waals surface area contributed by atoms with Gasteiger partial charge in [-0.15, -0.1) is 0 Å². The Hall–Kier alpha value is -4.04. The highest BCUT2D eigenvalue weighted by Gasteiger charge is 2.16. The van der Waals surface area contributed by atoms with Crippen LogP contribution in [0, 0.1) is 17.0 Å². The number of aryl methyl sites for hydroxylation is 1. The number of nitrogens with zero attached hydrogens (tertiary/aromatic N) is 3. The van der Waals surface area contributed by atoms with Crippen LogP contribution in [0.1, 0.15) is 16.2 Å². The van der Waals surface area contributed by atoms with Crippen LogP contribution >= 0.6 is 11.6 Å². The van der Waals surface area contributed by atoms with Crippen LogP contribution in [0.4, 0.5) is 11.4 Å². The zero-order valence-corrected chi connectivity index (χ0v) is 17.0. The molecular weight excluding hydrogens is 420 g/mol. The Labute approximate surface area is 180 Å². The van der Waals surface area contributed by atoms with E-state index in [-0.39, 0.29) is 21.8 Å². The number of nitro benzene ring substituents is 1. The normalized spacial score (nSPS) is 10.8. The van der Waals surface area contributed by atoms with Crippen molar-refractivity contribution in [2.45, 2.75) is 6.92 Å². The number of fused-ring (bicyclic) bond motifs is 1. The summed E-state index contributed by atoms with van der Waals surface area (Å²) in [5.41, 5.74) is 1.24. The van der Waals surface area contributed by atoms with Gasteiger partial charge in [0.2, 0.25) is 0 Å². The Morgan fingerprint density at radius 3 is 2.61 bits per heavy atom. The first-order valence-electron chi connectivity index (χ1n) is 9.19. The quantitative estimate of drug-likeness (QED) is 0.375. The van der Waals surface area contributed by atoms with Gasteiger partial charge in [-0.3, -0.25) is 24.3 Å².